The lowest BCUT2D eigenvalue weighted by Gasteiger charge is -1.95. The summed E-state index contributed by atoms with van der Waals surface area (Å²) in [5.41, 5.74) is 4.79. The van der Waals surface area contributed by atoms with Crippen LogP contribution in [0.3, 0.4) is 0 Å². The molecular weight excluding hydrogens is 313 g/mol. The first kappa shape index (κ1) is 11.8. The summed E-state index contributed by atoms with van der Waals surface area (Å²) in [6, 6.07) is 3.47. The molecule has 15 heavy (non-hydrogen) atoms. The smallest absolute Gasteiger partial charge is 0.331 e. The van der Waals surface area contributed by atoms with E-state index in [9.17, 15) is 9.59 Å². The van der Waals surface area contributed by atoms with E-state index in [4.69, 9.17) is 10.2 Å². The minimum absolute atomic E-state index is 0.418. The van der Waals surface area contributed by atoms with E-state index in [0.29, 0.717) is 5.76 Å². The minimum atomic E-state index is -0.690. The average molecular weight is 321 g/mol. The highest BCUT2D eigenvalue weighted by atomic mass is 127. The van der Waals surface area contributed by atoms with Crippen molar-refractivity contribution in [3.8, 4) is 0 Å². The van der Waals surface area contributed by atoms with Gasteiger partial charge in [0.25, 0.3) is 5.91 Å². The first-order valence-electron chi connectivity index (χ1n) is 3.96. The fourth-order valence-electron chi connectivity index (χ4n) is 0.758. The van der Waals surface area contributed by atoms with Gasteiger partial charge in [-0.3, -0.25) is 4.79 Å². The number of rotatable bonds is 4. The van der Waals surface area contributed by atoms with Gasteiger partial charge in [0, 0.05) is 6.08 Å². The molecule has 0 aliphatic heterocycles. The Kier molecular flexibility index (Phi) is 4.35. The molecule has 0 spiro atoms. The summed E-state index contributed by atoms with van der Waals surface area (Å²) in [6.07, 6.45) is 2.61. The zero-order chi connectivity index (χ0) is 11.3. The summed E-state index contributed by atoms with van der Waals surface area (Å²) in [6.45, 7) is -0.418. The normalized spacial score (nSPS) is 10.5. The van der Waals surface area contributed by atoms with E-state index >= 15 is 0 Å². The Morgan fingerprint density at radius 2 is 2.27 bits per heavy atom. The fourth-order valence-corrected chi connectivity index (χ4v) is 1.19. The average Bonchev–Trinajstić information content (AvgIpc) is 2.58. The molecule has 1 aromatic heterocycles. The maximum Gasteiger partial charge on any atom is 0.331 e. The first-order chi connectivity index (χ1) is 7.08. The highest BCUT2D eigenvalue weighted by Crippen LogP contribution is 2.11. The number of primary amides is 1. The van der Waals surface area contributed by atoms with Gasteiger partial charge < -0.3 is 14.9 Å². The summed E-state index contributed by atoms with van der Waals surface area (Å²) in [4.78, 5) is 21.2. The number of hydrogen-bond acceptors (Lipinski definition) is 4. The van der Waals surface area contributed by atoms with Gasteiger partial charge in [0.05, 0.1) is 0 Å². The van der Waals surface area contributed by atoms with E-state index in [0.717, 1.165) is 9.84 Å². The molecule has 0 atom stereocenters. The lowest BCUT2D eigenvalue weighted by molar-refractivity contribution is -0.142. The van der Waals surface area contributed by atoms with Crippen molar-refractivity contribution in [2.75, 3.05) is 6.61 Å². The molecule has 0 bridgehead atoms. The molecule has 0 radical (unpaired) electrons. The Morgan fingerprint density at radius 1 is 1.53 bits per heavy atom. The lowest BCUT2D eigenvalue weighted by Crippen LogP contribution is -2.19. The van der Waals surface area contributed by atoms with Crippen molar-refractivity contribution in [3.05, 3.63) is 27.7 Å². The summed E-state index contributed by atoms with van der Waals surface area (Å²) in [5.74, 6) is -0.792. The second-order valence-electron chi connectivity index (χ2n) is 2.55. The predicted molar refractivity (Wildman–Crippen MR) is 60.6 cm³/mol. The number of carbonyl (C=O) groups excluding carboxylic acids is 2. The second kappa shape index (κ2) is 5.54. The van der Waals surface area contributed by atoms with E-state index in [1.807, 2.05) is 22.6 Å². The van der Waals surface area contributed by atoms with Gasteiger partial charge in [-0.2, -0.15) is 0 Å². The van der Waals surface area contributed by atoms with E-state index < -0.39 is 18.5 Å². The molecule has 0 saturated carbocycles. The molecule has 80 valence electrons. The molecule has 5 nitrogen and oxygen atoms in total. The Morgan fingerprint density at radius 3 is 2.80 bits per heavy atom. The number of nitrogens with two attached hydrogens (primary N) is 1. The molecule has 6 heteroatoms. The molecular formula is C9H8INO4. The SMILES string of the molecule is NC(=O)COC(=O)C=Cc1ccc(I)o1. The molecule has 0 unspecified atom stereocenters. The molecule has 0 saturated heterocycles. The Hall–Kier alpha value is -1.31. The highest BCUT2D eigenvalue weighted by Gasteiger charge is 2.01. The molecule has 0 fully saturated rings. The Balaban J connectivity index is 2.44. The first-order valence-corrected chi connectivity index (χ1v) is 5.04. The third-order valence-electron chi connectivity index (χ3n) is 1.33. The van der Waals surface area contributed by atoms with Crippen LogP contribution in [0.5, 0.6) is 0 Å². The topological polar surface area (TPSA) is 82.5 Å². The number of halogens is 1. The van der Waals surface area contributed by atoms with Gasteiger partial charge in [-0.05, 0) is 40.8 Å². The third kappa shape index (κ3) is 4.63. The Bertz CT molecular complexity index is 397. The van der Waals surface area contributed by atoms with Crippen LogP contribution in [0.2, 0.25) is 0 Å². The van der Waals surface area contributed by atoms with Crippen LogP contribution in [-0.2, 0) is 14.3 Å². The van der Waals surface area contributed by atoms with Crippen LogP contribution in [0, 0.1) is 3.77 Å². The largest absolute Gasteiger partial charge is 0.452 e. The molecule has 0 aliphatic rings. The molecule has 1 aromatic rings. The molecule has 0 aromatic carbocycles. The van der Waals surface area contributed by atoms with Gasteiger partial charge in [0.15, 0.2) is 10.4 Å². The Labute approximate surface area is 99.4 Å². The van der Waals surface area contributed by atoms with Crippen molar-refractivity contribution < 1.29 is 18.7 Å². The second-order valence-corrected chi connectivity index (χ2v) is 3.61. The van der Waals surface area contributed by atoms with Gasteiger partial charge in [0.2, 0.25) is 0 Å². The number of hydrogen-bond donors (Lipinski definition) is 1. The van der Waals surface area contributed by atoms with Crippen LogP contribution in [-0.4, -0.2) is 18.5 Å². The van der Waals surface area contributed by atoms with Crippen LogP contribution < -0.4 is 5.73 Å². The molecule has 1 rings (SSSR count). The van der Waals surface area contributed by atoms with Crippen molar-refractivity contribution >= 4 is 40.5 Å². The summed E-state index contributed by atoms with van der Waals surface area (Å²) in [5, 5.41) is 0. The van der Waals surface area contributed by atoms with Crippen molar-refractivity contribution in [2.24, 2.45) is 5.73 Å². The molecule has 2 N–H and O–H groups in total. The summed E-state index contributed by atoms with van der Waals surface area (Å²) in [7, 11) is 0. The van der Waals surface area contributed by atoms with Crippen molar-refractivity contribution in [1.82, 2.24) is 0 Å². The number of esters is 1. The molecule has 0 aliphatic carbocycles. The minimum Gasteiger partial charge on any atom is -0.452 e. The van der Waals surface area contributed by atoms with Gasteiger partial charge in [-0.25, -0.2) is 4.79 Å². The number of ether oxygens (including phenoxy) is 1. The van der Waals surface area contributed by atoms with E-state index in [1.54, 1.807) is 12.1 Å². The molecule has 1 amide bonds. The number of furan rings is 1. The standard InChI is InChI=1S/C9H8INO4/c10-7-3-1-6(15-7)2-4-9(13)14-5-8(11)12/h1-4H,5H2,(H2,11,12). The van der Waals surface area contributed by atoms with E-state index in [-0.39, 0.29) is 0 Å². The summed E-state index contributed by atoms with van der Waals surface area (Å²) < 4.78 is 10.4. The van der Waals surface area contributed by atoms with Crippen LogP contribution in [0.4, 0.5) is 0 Å². The quantitative estimate of drug-likeness (QED) is 0.508. The van der Waals surface area contributed by atoms with Crippen molar-refractivity contribution in [2.45, 2.75) is 0 Å². The van der Waals surface area contributed by atoms with Crippen molar-refractivity contribution in [1.29, 1.82) is 0 Å². The number of amides is 1. The molecule has 1 heterocycles. The fraction of sp³-hybridized carbons (Fsp3) is 0.111. The lowest BCUT2D eigenvalue weighted by atomic mass is 10.4. The van der Waals surface area contributed by atoms with Crippen LogP contribution in [0.25, 0.3) is 6.08 Å². The van der Waals surface area contributed by atoms with Crippen molar-refractivity contribution in [3.63, 3.8) is 0 Å². The maximum atomic E-state index is 11.0. The van der Waals surface area contributed by atoms with E-state index in [2.05, 4.69) is 4.74 Å². The zero-order valence-electron chi connectivity index (χ0n) is 7.60. The van der Waals surface area contributed by atoms with Crippen LogP contribution >= 0.6 is 22.6 Å². The third-order valence-corrected chi connectivity index (χ3v) is 1.91. The van der Waals surface area contributed by atoms with Crippen LogP contribution in [0.1, 0.15) is 5.76 Å². The van der Waals surface area contributed by atoms with Gasteiger partial charge in [-0.15, -0.1) is 0 Å². The number of carbonyl (C=O) groups is 2. The van der Waals surface area contributed by atoms with Crippen LogP contribution in [0.15, 0.2) is 22.6 Å². The van der Waals surface area contributed by atoms with Gasteiger partial charge in [0.1, 0.15) is 5.76 Å². The summed E-state index contributed by atoms with van der Waals surface area (Å²) >= 11 is 2.01. The van der Waals surface area contributed by atoms with E-state index in [1.165, 1.54) is 6.08 Å². The maximum absolute atomic E-state index is 11.0. The van der Waals surface area contributed by atoms with Gasteiger partial charge >= 0.3 is 5.97 Å². The highest BCUT2D eigenvalue weighted by molar-refractivity contribution is 14.1. The van der Waals surface area contributed by atoms with Gasteiger partial charge in [-0.1, -0.05) is 0 Å². The predicted octanol–water partition coefficient (Wildman–Crippen LogP) is 0.926. The monoisotopic (exact) mass is 321 g/mol. The zero-order valence-corrected chi connectivity index (χ0v) is 9.76.